The van der Waals surface area contributed by atoms with Crippen LogP contribution in [0.25, 0.3) is 0 Å². The Kier molecular flexibility index (Phi) is 9.96. The van der Waals surface area contributed by atoms with Crippen LogP contribution in [0.15, 0.2) is 18.2 Å². The molecule has 1 aromatic rings. The molecule has 40 heavy (non-hydrogen) atoms. The molecule has 3 fully saturated rings. The van der Waals surface area contributed by atoms with Gasteiger partial charge in [-0.3, -0.25) is 14.6 Å². The number of alkyl halides is 9. The first-order valence-corrected chi connectivity index (χ1v) is 13.1. The van der Waals surface area contributed by atoms with Crippen molar-refractivity contribution in [3.05, 3.63) is 29.3 Å². The second-order valence-electron chi connectivity index (χ2n) is 11.1. The number of halogens is 9. The molecule has 1 N–H and O–H groups in total. The summed E-state index contributed by atoms with van der Waals surface area (Å²) < 4.78 is 120. The maximum atomic E-state index is 13.7. The quantitative estimate of drug-likeness (QED) is 0.324. The molecular formula is C26H34F9N3O2. The highest BCUT2D eigenvalue weighted by atomic mass is 19.4. The van der Waals surface area contributed by atoms with Crippen molar-refractivity contribution in [3.63, 3.8) is 0 Å². The molecule has 0 aromatic heterocycles. The minimum atomic E-state index is -5.39. The molecule has 0 amide bonds. The largest absolute Gasteiger partial charge is 0.483 e. The van der Waals surface area contributed by atoms with Gasteiger partial charge in [0.25, 0.3) is 6.47 Å². The summed E-state index contributed by atoms with van der Waals surface area (Å²) in [6, 6.07) is 0.702. The van der Waals surface area contributed by atoms with Crippen molar-refractivity contribution in [2.24, 2.45) is 11.3 Å². The first kappa shape index (κ1) is 32.3. The first-order valence-electron chi connectivity index (χ1n) is 13.1. The Morgan fingerprint density at radius 1 is 0.925 bits per heavy atom. The van der Waals surface area contributed by atoms with Gasteiger partial charge < -0.3 is 10.0 Å². The molecule has 4 rings (SSSR count). The van der Waals surface area contributed by atoms with Crippen LogP contribution in [0.3, 0.4) is 0 Å². The number of benzene rings is 1. The lowest BCUT2D eigenvalue weighted by Crippen LogP contribution is -2.58. The van der Waals surface area contributed by atoms with Gasteiger partial charge in [-0.25, -0.2) is 0 Å². The Balaban J connectivity index is 0.00000141. The van der Waals surface area contributed by atoms with Crippen molar-refractivity contribution in [2.45, 2.75) is 70.1 Å². The summed E-state index contributed by atoms with van der Waals surface area (Å²) in [4.78, 5) is 12.7. The number of hydrogen-bond acceptors (Lipinski definition) is 4. The Labute approximate surface area is 226 Å². The summed E-state index contributed by atoms with van der Waals surface area (Å²) >= 11 is 0. The molecule has 228 valence electrons. The van der Waals surface area contributed by atoms with Gasteiger partial charge in [0.2, 0.25) is 6.04 Å². The Bertz CT molecular complexity index is 967. The van der Waals surface area contributed by atoms with Crippen LogP contribution in [0, 0.1) is 11.3 Å². The summed E-state index contributed by atoms with van der Waals surface area (Å²) in [7, 11) is 0. The lowest BCUT2D eigenvalue weighted by atomic mass is 9.77. The minimum absolute atomic E-state index is 0.171. The predicted molar refractivity (Wildman–Crippen MR) is 130 cm³/mol. The Morgan fingerprint density at radius 2 is 1.45 bits per heavy atom. The zero-order valence-electron chi connectivity index (χ0n) is 22.0. The van der Waals surface area contributed by atoms with E-state index in [1.54, 1.807) is 11.0 Å². The topological polar surface area (TPSA) is 47.0 Å². The lowest BCUT2D eigenvalue weighted by Gasteiger charge is -2.43. The maximum Gasteiger partial charge on any atom is 0.418 e. The minimum Gasteiger partial charge on any atom is -0.483 e. The van der Waals surface area contributed by atoms with Crippen LogP contribution >= 0.6 is 0 Å². The molecule has 0 bridgehead atoms. The van der Waals surface area contributed by atoms with Gasteiger partial charge in [-0.05, 0) is 80.8 Å². The van der Waals surface area contributed by atoms with Crippen molar-refractivity contribution in [1.29, 1.82) is 0 Å². The van der Waals surface area contributed by atoms with Gasteiger partial charge in [-0.2, -0.15) is 39.5 Å². The fourth-order valence-electron chi connectivity index (χ4n) is 6.11. The number of hydrogen-bond donors (Lipinski definition) is 1. The molecule has 1 spiro atoms. The van der Waals surface area contributed by atoms with Crippen molar-refractivity contribution >= 4 is 12.2 Å². The van der Waals surface area contributed by atoms with E-state index in [2.05, 4.69) is 6.92 Å². The molecule has 0 unspecified atom stereocenters. The van der Waals surface area contributed by atoms with Crippen molar-refractivity contribution in [1.82, 2.24) is 9.80 Å². The fourth-order valence-corrected chi connectivity index (χ4v) is 6.11. The number of likely N-dealkylation sites (tertiary alicyclic amines) is 2. The molecular weight excluding hydrogens is 557 g/mol. The fraction of sp³-hybridized carbons (Fsp3) is 0.731. The third-order valence-electron chi connectivity index (χ3n) is 8.26. The predicted octanol–water partition coefficient (Wildman–Crippen LogP) is 6.42. The van der Waals surface area contributed by atoms with Crippen LogP contribution in [0.1, 0.15) is 50.2 Å². The highest BCUT2D eigenvalue weighted by Crippen LogP contribution is 2.45. The van der Waals surface area contributed by atoms with E-state index in [0.29, 0.717) is 55.5 Å². The second-order valence-corrected chi connectivity index (χ2v) is 11.1. The molecule has 14 heteroatoms. The standard InChI is InChI=1S/C25H32F9N3.CH2O2/c1-17-4-9-36(10-5-17)20-14-18(2-3-19(20)23(26,27)28)15-35-11-6-22(16-35)7-12-37(13-8-22)21(24(29,30)31)25(32,33)34;2-1-3/h2-3,14,17,21H,4-13,15-16H2,1H3;1H,(H,2,3). The molecule has 5 nitrogen and oxygen atoms in total. The summed E-state index contributed by atoms with van der Waals surface area (Å²) in [5.41, 5.74) is -0.162. The van der Waals surface area contributed by atoms with E-state index in [-0.39, 0.29) is 43.5 Å². The van der Waals surface area contributed by atoms with Crippen LogP contribution in [0.4, 0.5) is 45.2 Å². The van der Waals surface area contributed by atoms with Gasteiger partial charge in [-0.15, -0.1) is 0 Å². The average molecular weight is 592 g/mol. The molecule has 3 heterocycles. The van der Waals surface area contributed by atoms with E-state index in [1.807, 2.05) is 4.90 Å². The summed E-state index contributed by atoms with van der Waals surface area (Å²) in [6.07, 6.45) is -12.6. The molecule has 0 atom stereocenters. The normalized spacial score (nSPS) is 21.5. The maximum absolute atomic E-state index is 13.7. The highest BCUT2D eigenvalue weighted by Gasteiger charge is 2.60. The molecule has 3 saturated heterocycles. The molecule has 3 aliphatic heterocycles. The van der Waals surface area contributed by atoms with E-state index >= 15 is 0 Å². The monoisotopic (exact) mass is 591 g/mol. The molecule has 0 radical (unpaired) electrons. The van der Waals surface area contributed by atoms with Crippen molar-refractivity contribution < 1.29 is 49.4 Å². The molecule has 0 aliphatic carbocycles. The van der Waals surface area contributed by atoms with Gasteiger partial charge in [0.1, 0.15) is 0 Å². The van der Waals surface area contributed by atoms with Gasteiger partial charge in [0.15, 0.2) is 0 Å². The van der Waals surface area contributed by atoms with Crippen LogP contribution in [-0.2, 0) is 17.5 Å². The zero-order chi connectivity index (χ0) is 29.9. The van der Waals surface area contributed by atoms with Gasteiger partial charge in [-0.1, -0.05) is 13.0 Å². The van der Waals surface area contributed by atoms with Gasteiger partial charge >= 0.3 is 18.5 Å². The number of anilines is 1. The Morgan fingerprint density at radius 3 is 1.95 bits per heavy atom. The number of carbonyl (C=O) groups is 1. The van der Waals surface area contributed by atoms with E-state index < -0.39 is 30.1 Å². The third kappa shape index (κ3) is 7.95. The van der Waals surface area contributed by atoms with E-state index in [4.69, 9.17) is 9.90 Å². The Hall–Kier alpha value is -2.22. The number of piperidine rings is 2. The summed E-state index contributed by atoms with van der Waals surface area (Å²) in [5.74, 6) is 0.462. The smallest absolute Gasteiger partial charge is 0.418 e. The van der Waals surface area contributed by atoms with Crippen LogP contribution in [-0.4, -0.2) is 79.0 Å². The molecule has 1 aromatic carbocycles. The van der Waals surface area contributed by atoms with Crippen LogP contribution in [0.2, 0.25) is 0 Å². The van der Waals surface area contributed by atoms with Crippen molar-refractivity contribution in [3.8, 4) is 0 Å². The zero-order valence-corrected chi connectivity index (χ0v) is 22.0. The van der Waals surface area contributed by atoms with E-state index in [9.17, 15) is 39.5 Å². The van der Waals surface area contributed by atoms with Gasteiger partial charge in [0.05, 0.1) is 5.56 Å². The van der Waals surface area contributed by atoms with Gasteiger partial charge in [0, 0.05) is 31.9 Å². The summed E-state index contributed by atoms with van der Waals surface area (Å²) in [5, 5.41) is 6.89. The molecule has 0 saturated carbocycles. The number of nitrogens with zero attached hydrogens (tertiary/aromatic N) is 3. The number of rotatable bonds is 4. The van der Waals surface area contributed by atoms with Crippen LogP contribution in [0.5, 0.6) is 0 Å². The average Bonchev–Trinajstić information content (AvgIpc) is 3.21. The van der Waals surface area contributed by atoms with E-state index in [1.165, 1.54) is 6.07 Å². The number of carboxylic acid groups (broad SMARTS) is 1. The van der Waals surface area contributed by atoms with Crippen LogP contribution < -0.4 is 4.90 Å². The van der Waals surface area contributed by atoms with Crippen molar-refractivity contribution in [2.75, 3.05) is 44.2 Å². The lowest BCUT2D eigenvalue weighted by molar-refractivity contribution is -0.290. The second kappa shape index (κ2) is 12.3. The van der Waals surface area contributed by atoms with E-state index in [0.717, 1.165) is 18.9 Å². The first-order chi connectivity index (χ1) is 18.5. The summed E-state index contributed by atoms with van der Waals surface area (Å²) in [6.45, 7) is 3.82. The highest BCUT2D eigenvalue weighted by molar-refractivity contribution is 5.57. The third-order valence-corrected chi connectivity index (χ3v) is 8.26. The molecule has 3 aliphatic rings. The SMILES string of the molecule is CC1CCN(c2cc(CN3CCC4(CCN(C(C(F)(F)F)C(F)(F)F)CC4)C3)ccc2C(F)(F)F)CC1.O=CO.